The van der Waals surface area contributed by atoms with E-state index >= 15 is 0 Å². The van der Waals surface area contributed by atoms with Crippen LogP contribution in [0.4, 0.5) is 18.9 Å². The van der Waals surface area contributed by atoms with Gasteiger partial charge >= 0.3 is 6.18 Å². The summed E-state index contributed by atoms with van der Waals surface area (Å²) in [6, 6.07) is 13.2. The first-order valence-electron chi connectivity index (χ1n) is 7.44. The minimum absolute atomic E-state index is 0. The van der Waals surface area contributed by atoms with Crippen molar-refractivity contribution in [3.63, 3.8) is 0 Å². The Morgan fingerprint density at radius 1 is 1.04 bits per heavy atom. The van der Waals surface area contributed by atoms with E-state index in [1.165, 1.54) is 0 Å². The van der Waals surface area contributed by atoms with Crippen LogP contribution in [0, 0.1) is 0 Å². The van der Waals surface area contributed by atoms with Gasteiger partial charge in [0.1, 0.15) is 0 Å². The number of hydrogen-bond acceptors (Lipinski definition) is 2. The smallest absolute Gasteiger partial charge is 0.370 e. The van der Waals surface area contributed by atoms with Crippen molar-refractivity contribution in [2.24, 2.45) is 10.7 Å². The van der Waals surface area contributed by atoms with E-state index in [1.54, 1.807) is 0 Å². The summed E-state index contributed by atoms with van der Waals surface area (Å²) in [5.74, 6) is -0.270. The Kier molecular flexibility index (Phi) is 8.36. The van der Waals surface area contributed by atoms with Crippen molar-refractivity contribution in [1.29, 1.82) is 0 Å². The van der Waals surface area contributed by atoms with Crippen molar-refractivity contribution >= 4 is 41.5 Å². The number of hydrogen-bond donors (Lipinski definition) is 3. The standard InChI is InChI=1S/C17H17F3N4O.HI/c18-17(19,20)13-8-6-12(7-9-13)15(25)22-10-11-23-16(21)24-14-4-2-1-3-5-14;/h1-9H,10-11H2,(H,22,25)(H3,21,23,24);1H. The van der Waals surface area contributed by atoms with Crippen molar-refractivity contribution < 1.29 is 18.0 Å². The average molecular weight is 478 g/mol. The Labute approximate surface area is 165 Å². The molecule has 0 atom stereocenters. The van der Waals surface area contributed by atoms with Gasteiger partial charge in [-0.1, -0.05) is 18.2 Å². The lowest BCUT2D eigenvalue weighted by Crippen LogP contribution is -2.28. The zero-order valence-electron chi connectivity index (χ0n) is 13.6. The fourth-order valence-electron chi connectivity index (χ4n) is 1.97. The molecule has 0 unspecified atom stereocenters. The SMILES string of the molecule is I.NC(=NCCNC(=O)c1ccc(C(F)(F)F)cc1)Nc1ccccc1. The molecule has 0 aliphatic carbocycles. The second-order valence-corrected chi connectivity index (χ2v) is 5.09. The molecule has 0 aliphatic heterocycles. The molecule has 26 heavy (non-hydrogen) atoms. The molecule has 0 fully saturated rings. The first-order chi connectivity index (χ1) is 11.9. The number of nitrogens with two attached hydrogens (primary N) is 1. The summed E-state index contributed by atoms with van der Waals surface area (Å²) in [6.07, 6.45) is -4.42. The summed E-state index contributed by atoms with van der Waals surface area (Å²) in [5.41, 5.74) is 5.85. The first-order valence-corrected chi connectivity index (χ1v) is 7.44. The molecule has 0 saturated carbocycles. The highest BCUT2D eigenvalue weighted by atomic mass is 127. The number of carbonyl (C=O) groups is 1. The summed E-state index contributed by atoms with van der Waals surface area (Å²) >= 11 is 0. The fraction of sp³-hybridized carbons (Fsp3) is 0.176. The van der Waals surface area contributed by atoms with Crippen LogP contribution in [0.5, 0.6) is 0 Å². The number of anilines is 1. The lowest BCUT2D eigenvalue weighted by Gasteiger charge is -2.08. The molecule has 2 aromatic rings. The van der Waals surface area contributed by atoms with Crippen molar-refractivity contribution in [2.75, 3.05) is 18.4 Å². The fourth-order valence-corrected chi connectivity index (χ4v) is 1.97. The summed E-state index contributed by atoms with van der Waals surface area (Å²) < 4.78 is 37.4. The van der Waals surface area contributed by atoms with Gasteiger partial charge in [0.05, 0.1) is 12.1 Å². The topological polar surface area (TPSA) is 79.5 Å². The second-order valence-electron chi connectivity index (χ2n) is 5.09. The van der Waals surface area contributed by atoms with E-state index in [4.69, 9.17) is 5.73 Å². The van der Waals surface area contributed by atoms with Gasteiger partial charge in [-0.15, -0.1) is 24.0 Å². The van der Waals surface area contributed by atoms with Gasteiger partial charge in [0.2, 0.25) is 0 Å². The van der Waals surface area contributed by atoms with Crippen LogP contribution < -0.4 is 16.4 Å². The summed E-state index contributed by atoms with van der Waals surface area (Å²) in [4.78, 5) is 15.9. The van der Waals surface area contributed by atoms with Gasteiger partial charge in [-0.2, -0.15) is 13.2 Å². The van der Waals surface area contributed by atoms with Gasteiger partial charge < -0.3 is 16.4 Å². The second kappa shape index (κ2) is 10.00. The maximum Gasteiger partial charge on any atom is 0.416 e. The molecule has 2 aromatic carbocycles. The third-order valence-electron chi connectivity index (χ3n) is 3.20. The highest BCUT2D eigenvalue weighted by Gasteiger charge is 2.30. The Balaban J connectivity index is 0.00000338. The summed E-state index contributed by atoms with van der Waals surface area (Å²) in [5, 5.41) is 5.46. The predicted molar refractivity (Wildman–Crippen MR) is 106 cm³/mol. The van der Waals surface area contributed by atoms with Gasteiger partial charge in [-0.25, -0.2) is 0 Å². The zero-order chi connectivity index (χ0) is 18.3. The molecular formula is C17H18F3IN4O. The number of carbonyl (C=O) groups excluding carboxylic acids is 1. The quantitative estimate of drug-likeness (QED) is 0.267. The maximum absolute atomic E-state index is 12.5. The van der Waals surface area contributed by atoms with Crippen LogP contribution >= 0.6 is 24.0 Å². The Morgan fingerprint density at radius 3 is 2.23 bits per heavy atom. The molecule has 0 saturated heterocycles. The number of rotatable bonds is 5. The molecule has 0 heterocycles. The van der Waals surface area contributed by atoms with Crippen molar-refractivity contribution in [3.05, 3.63) is 65.7 Å². The molecule has 1 amide bonds. The van der Waals surface area contributed by atoms with E-state index in [1.807, 2.05) is 30.3 Å². The minimum Gasteiger partial charge on any atom is -0.370 e. The average Bonchev–Trinajstić information content (AvgIpc) is 2.59. The summed E-state index contributed by atoms with van der Waals surface area (Å²) in [7, 11) is 0. The monoisotopic (exact) mass is 478 g/mol. The van der Waals surface area contributed by atoms with Crippen LogP contribution in [0.25, 0.3) is 0 Å². The minimum atomic E-state index is -4.42. The highest BCUT2D eigenvalue weighted by Crippen LogP contribution is 2.29. The van der Waals surface area contributed by atoms with Crippen molar-refractivity contribution in [1.82, 2.24) is 5.32 Å². The highest BCUT2D eigenvalue weighted by molar-refractivity contribution is 14.0. The first kappa shape index (κ1) is 21.7. The zero-order valence-corrected chi connectivity index (χ0v) is 15.9. The van der Waals surface area contributed by atoms with Crippen LogP contribution in [0.15, 0.2) is 59.6 Å². The van der Waals surface area contributed by atoms with Crippen LogP contribution in [-0.2, 0) is 6.18 Å². The van der Waals surface area contributed by atoms with E-state index in [0.29, 0.717) is 0 Å². The lowest BCUT2D eigenvalue weighted by molar-refractivity contribution is -0.137. The van der Waals surface area contributed by atoms with Crippen LogP contribution in [-0.4, -0.2) is 25.0 Å². The predicted octanol–water partition coefficient (Wildman–Crippen LogP) is 3.48. The molecule has 2 rings (SSSR count). The molecule has 0 spiro atoms. The number of nitrogens with one attached hydrogen (secondary N) is 2. The molecule has 0 bridgehead atoms. The number of amides is 1. The van der Waals surface area contributed by atoms with E-state index in [9.17, 15) is 18.0 Å². The number of guanidine groups is 1. The molecular weight excluding hydrogens is 460 g/mol. The Bertz CT molecular complexity index is 734. The molecule has 5 nitrogen and oxygen atoms in total. The van der Waals surface area contributed by atoms with E-state index in [-0.39, 0.29) is 48.6 Å². The number of halogens is 4. The number of aliphatic imine (C=N–C) groups is 1. The van der Waals surface area contributed by atoms with E-state index in [0.717, 1.165) is 30.0 Å². The number of para-hydroxylation sites is 1. The van der Waals surface area contributed by atoms with Gasteiger partial charge in [-0.3, -0.25) is 9.79 Å². The van der Waals surface area contributed by atoms with E-state index < -0.39 is 17.6 Å². The maximum atomic E-state index is 12.5. The Hall–Kier alpha value is -2.30. The number of nitrogens with zero attached hydrogens (tertiary/aromatic N) is 1. The van der Waals surface area contributed by atoms with Crippen molar-refractivity contribution in [3.8, 4) is 0 Å². The van der Waals surface area contributed by atoms with Gasteiger partial charge in [0.25, 0.3) is 5.91 Å². The van der Waals surface area contributed by atoms with Gasteiger partial charge in [0.15, 0.2) is 5.96 Å². The largest absolute Gasteiger partial charge is 0.416 e. The molecule has 0 aliphatic rings. The Morgan fingerprint density at radius 2 is 1.65 bits per heavy atom. The molecule has 4 N–H and O–H groups in total. The van der Waals surface area contributed by atoms with Crippen molar-refractivity contribution in [2.45, 2.75) is 6.18 Å². The molecule has 9 heteroatoms. The van der Waals surface area contributed by atoms with E-state index in [2.05, 4.69) is 15.6 Å². The van der Waals surface area contributed by atoms with Crippen LogP contribution in [0.1, 0.15) is 15.9 Å². The van der Waals surface area contributed by atoms with Crippen LogP contribution in [0.3, 0.4) is 0 Å². The molecule has 0 radical (unpaired) electrons. The third kappa shape index (κ3) is 6.90. The number of alkyl halides is 3. The molecule has 140 valence electrons. The van der Waals surface area contributed by atoms with Gasteiger partial charge in [-0.05, 0) is 36.4 Å². The number of benzene rings is 2. The summed E-state index contributed by atoms with van der Waals surface area (Å²) in [6.45, 7) is 0.440. The van der Waals surface area contributed by atoms with Gasteiger partial charge in [0, 0.05) is 17.8 Å². The van der Waals surface area contributed by atoms with Crippen LogP contribution in [0.2, 0.25) is 0 Å². The normalized spacial score (nSPS) is 11.4. The molecule has 0 aromatic heterocycles. The lowest BCUT2D eigenvalue weighted by atomic mass is 10.1. The third-order valence-corrected chi connectivity index (χ3v) is 3.20.